The van der Waals surface area contributed by atoms with Gasteiger partial charge in [-0.2, -0.15) is 0 Å². The van der Waals surface area contributed by atoms with Gasteiger partial charge in [0.2, 0.25) is 0 Å². The van der Waals surface area contributed by atoms with Gasteiger partial charge in [0.25, 0.3) is 0 Å². The lowest BCUT2D eigenvalue weighted by Gasteiger charge is -2.35. The average Bonchev–Trinajstić information content (AvgIpc) is 2.84. The highest BCUT2D eigenvalue weighted by atomic mass is 127. The van der Waals surface area contributed by atoms with Gasteiger partial charge in [-0.05, 0) is 30.3 Å². The predicted octanol–water partition coefficient (Wildman–Crippen LogP) is 2.98. The van der Waals surface area contributed by atoms with E-state index in [0.29, 0.717) is 0 Å². The molecule has 1 saturated heterocycles. The van der Waals surface area contributed by atoms with Gasteiger partial charge in [-0.1, -0.05) is 42.5 Å². The number of aliphatic imine (C=N–C) groups is 1. The molecule has 0 saturated carbocycles. The predicted molar refractivity (Wildman–Crippen MR) is 146 cm³/mol. The van der Waals surface area contributed by atoms with Crippen LogP contribution in [0.3, 0.4) is 0 Å². The van der Waals surface area contributed by atoms with Crippen LogP contribution in [0.2, 0.25) is 0 Å². The van der Waals surface area contributed by atoms with E-state index in [1.807, 2.05) is 19.2 Å². The first-order valence-corrected chi connectivity index (χ1v) is 11.3. The minimum Gasteiger partial charge on any atom is -0.497 e. The van der Waals surface area contributed by atoms with E-state index < -0.39 is 0 Å². The molecule has 0 bridgehead atoms. The highest BCUT2D eigenvalue weighted by molar-refractivity contribution is 14.0. The molecule has 3 rings (SSSR count). The van der Waals surface area contributed by atoms with Crippen LogP contribution in [0.1, 0.15) is 17.2 Å². The van der Waals surface area contributed by atoms with Crippen molar-refractivity contribution < 1.29 is 9.47 Å². The lowest BCUT2D eigenvalue weighted by molar-refractivity contribution is 0.0170. The van der Waals surface area contributed by atoms with Crippen molar-refractivity contribution >= 4 is 29.9 Å². The number of methoxy groups -OCH3 is 1. The molecule has 1 atom stereocenters. The second-order valence-electron chi connectivity index (χ2n) is 8.04. The minimum absolute atomic E-state index is 0. The largest absolute Gasteiger partial charge is 0.497 e. The zero-order chi connectivity index (χ0) is 22.6. The number of nitrogens with zero attached hydrogens (tertiary/aromatic N) is 3. The van der Waals surface area contributed by atoms with E-state index in [-0.39, 0.29) is 30.0 Å². The van der Waals surface area contributed by atoms with Crippen LogP contribution in [0.25, 0.3) is 0 Å². The fraction of sp³-hybridized carbons (Fsp3) is 0.480. The zero-order valence-corrected chi connectivity index (χ0v) is 22.3. The van der Waals surface area contributed by atoms with Crippen LogP contribution in [0.5, 0.6) is 5.75 Å². The van der Waals surface area contributed by atoms with Gasteiger partial charge in [0.05, 0.1) is 26.4 Å². The quantitative estimate of drug-likeness (QED) is 0.262. The summed E-state index contributed by atoms with van der Waals surface area (Å²) in [7, 11) is 5.66. The van der Waals surface area contributed by atoms with Gasteiger partial charge >= 0.3 is 0 Å². The van der Waals surface area contributed by atoms with Gasteiger partial charge in [-0.15, -0.1) is 24.0 Å². The number of halogens is 1. The molecule has 2 aromatic carbocycles. The van der Waals surface area contributed by atoms with Crippen LogP contribution < -0.4 is 15.4 Å². The van der Waals surface area contributed by atoms with Crippen molar-refractivity contribution in [3.63, 3.8) is 0 Å². The summed E-state index contributed by atoms with van der Waals surface area (Å²) in [5, 5.41) is 6.97. The Kier molecular flexibility index (Phi) is 12.5. The summed E-state index contributed by atoms with van der Waals surface area (Å²) >= 11 is 0. The number of benzene rings is 2. The van der Waals surface area contributed by atoms with Gasteiger partial charge < -0.3 is 25.0 Å². The second-order valence-corrected chi connectivity index (χ2v) is 8.04. The Morgan fingerprint density at radius 3 is 2.42 bits per heavy atom. The number of ether oxygens (including phenoxy) is 2. The molecule has 7 nitrogen and oxygen atoms in total. The molecule has 1 unspecified atom stereocenters. The minimum atomic E-state index is 0. The smallest absolute Gasteiger partial charge is 0.191 e. The van der Waals surface area contributed by atoms with Gasteiger partial charge in [0.15, 0.2) is 5.96 Å². The van der Waals surface area contributed by atoms with Crippen molar-refractivity contribution in [3.05, 3.63) is 65.7 Å². The maximum atomic E-state index is 5.56. The fourth-order valence-corrected chi connectivity index (χ4v) is 3.93. The maximum Gasteiger partial charge on any atom is 0.191 e. The molecule has 33 heavy (non-hydrogen) atoms. The third kappa shape index (κ3) is 9.11. The first-order chi connectivity index (χ1) is 15.7. The molecule has 8 heteroatoms. The van der Waals surface area contributed by atoms with Crippen LogP contribution in [-0.2, 0) is 11.3 Å². The number of nitrogens with one attached hydrogen (secondary N) is 2. The van der Waals surface area contributed by atoms with Crippen LogP contribution >= 0.6 is 24.0 Å². The topological polar surface area (TPSA) is 61.4 Å². The Morgan fingerprint density at radius 1 is 1.09 bits per heavy atom. The standard InChI is InChI=1S/C25H37N5O2.HI/c1-26-25(27-13-14-29(2)20-21-7-5-4-6-8-21)28-19-24(30-15-17-32-18-16-30)22-9-11-23(31-3)12-10-22;/h4-12,24H,13-20H2,1-3H3,(H2,26,27,28);1H. The van der Waals surface area contributed by atoms with Crippen molar-refractivity contribution in [2.75, 3.05) is 67.1 Å². The van der Waals surface area contributed by atoms with E-state index in [9.17, 15) is 0 Å². The summed E-state index contributed by atoms with van der Waals surface area (Å²) in [6.07, 6.45) is 0. The average molecular weight is 568 g/mol. The van der Waals surface area contributed by atoms with Gasteiger partial charge in [-0.3, -0.25) is 9.89 Å². The Hall–Kier alpha value is -1.88. The molecular formula is C25H38IN5O2. The maximum absolute atomic E-state index is 5.56. The number of rotatable bonds is 10. The fourth-order valence-electron chi connectivity index (χ4n) is 3.93. The van der Waals surface area contributed by atoms with Crippen molar-refractivity contribution in [1.82, 2.24) is 20.4 Å². The SMILES string of the molecule is CN=C(NCCN(C)Cc1ccccc1)NCC(c1ccc(OC)cc1)N1CCOCC1.I. The van der Waals surface area contributed by atoms with Crippen molar-refractivity contribution in [1.29, 1.82) is 0 Å². The van der Waals surface area contributed by atoms with Crippen LogP contribution in [-0.4, -0.2) is 82.9 Å². The molecule has 2 N–H and O–H groups in total. The monoisotopic (exact) mass is 567 g/mol. The molecule has 1 fully saturated rings. The van der Waals surface area contributed by atoms with E-state index in [1.165, 1.54) is 11.1 Å². The molecule has 0 aromatic heterocycles. The lowest BCUT2D eigenvalue weighted by Crippen LogP contribution is -2.47. The number of hydrogen-bond acceptors (Lipinski definition) is 5. The molecule has 0 radical (unpaired) electrons. The molecule has 1 heterocycles. The molecule has 0 spiro atoms. The third-order valence-electron chi connectivity index (χ3n) is 5.75. The molecule has 182 valence electrons. The molecule has 1 aliphatic heterocycles. The van der Waals surface area contributed by atoms with Crippen molar-refractivity contribution in [2.24, 2.45) is 4.99 Å². The van der Waals surface area contributed by atoms with E-state index in [4.69, 9.17) is 9.47 Å². The van der Waals surface area contributed by atoms with Gasteiger partial charge in [0, 0.05) is 46.3 Å². The Labute approximate surface area is 215 Å². The highest BCUT2D eigenvalue weighted by Crippen LogP contribution is 2.23. The van der Waals surface area contributed by atoms with E-state index in [1.54, 1.807) is 7.11 Å². The lowest BCUT2D eigenvalue weighted by atomic mass is 10.0. The first kappa shape index (κ1) is 27.4. The Bertz CT molecular complexity index is 813. The molecule has 1 aliphatic rings. The number of guanidine groups is 1. The summed E-state index contributed by atoms with van der Waals surface area (Å²) in [6, 6.07) is 19.1. The second kappa shape index (κ2) is 15.1. The van der Waals surface area contributed by atoms with E-state index in [0.717, 1.165) is 64.2 Å². The van der Waals surface area contributed by atoms with E-state index in [2.05, 4.69) is 74.9 Å². The van der Waals surface area contributed by atoms with Gasteiger partial charge in [0.1, 0.15) is 5.75 Å². The van der Waals surface area contributed by atoms with Crippen molar-refractivity contribution in [3.8, 4) is 5.75 Å². The van der Waals surface area contributed by atoms with Crippen LogP contribution in [0.15, 0.2) is 59.6 Å². The number of likely N-dealkylation sites (N-methyl/N-ethyl adjacent to an activating group) is 1. The normalized spacial score (nSPS) is 15.6. The highest BCUT2D eigenvalue weighted by Gasteiger charge is 2.23. The third-order valence-corrected chi connectivity index (χ3v) is 5.75. The van der Waals surface area contributed by atoms with Gasteiger partial charge in [-0.25, -0.2) is 0 Å². The molecular weight excluding hydrogens is 529 g/mol. The number of morpholine rings is 1. The first-order valence-electron chi connectivity index (χ1n) is 11.3. The summed E-state index contributed by atoms with van der Waals surface area (Å²) in [5.74, 6) is 1.70. The summed E-state index contributed by atoms with van der Waals surface area (Å²) in [4.78, 5) is 9.20. The van der Waals surface area contributed by atoms with Crippen molar-refractivity contribution in [2.45, 2.75) is 12.6 Å². The molecule has 0 aliphatic carbocycles. The summed E-state index contributed by atoms with van der Waals surface area (Å²) in [5.41, 5.74) is 2.59. The summed E-state index contributed by atoms with van der Waals surface area (Å²) in [6.45, 7) is 6.86. The summed E-state index contributed by atoms with van der Waals surface area (Å²) < 4.78 is 10.9. The Morgan fingerprint density at radius 2 is 1.79 bits per heavy atom. The Balaban J connectivity index is 0.00000385. The van der Waals surface area contributed by atoms with Crippen LogP contribution in [0.4, 0.5) is 0 Å². The zero-order valence-electron chi connectivity index (χ0n) is 20.0. The van der Waals surface area contributed by atoms with Crippen LogP contribution in [0, 0.1) is 0 Å². The molecule has 0 amide bonds. The van der Waals surface area contributed by atoms with E-state index >= 15 is 0 Å². The molecule has 2 aromatic rings. The number of hydrogen-bond donors (Lipinski definition) is 2.